The van der Waals surface area contributed by atoms with Crippen LogP contribution in [0.15, 0.2) is 30.3 Å². The molecule has 0 spiro atoms. The number of carbonyl (C=O) groups is 1. The minimum absolute atomic E-state index is 0.295. The van der Waals surface area contributed by atoms with Crippen molar-refractivity contribution in [1.82, 2.24) is 19.8 Å². The molecule has 5 rings (SSSR count). The number of thiophene rings is 1. The number of piperazine rings is 1. The van der Waals surface area contributed by atoms with Crippen molar-refractivity contribution in [2.45, 2.75) is 39.3 Å². The van der Waals surface area contributed by atoms with Gasteiger partial charge in [0.2, 0.25) is 5.91 Å². The van der Waals surface area contributed by atoms with Crippen LogP contribution < -0.4 is 10.6 Å². The first-order valence-electron chi connectivity index (χ1n) is 11.8. The first kappa shape index (κ1) is 22.3. The number of likely N-dealkylation sites (tertiary alicyclic amines) is 1. The number of aryl methyl sites for hydroxylation is 2. The second-order valence-electron chi connectivity index (χ2n) is 9.15. The Labute approximate surface area is 199 Å². The number of nitrogens with zero attached hydrogens (tertiary/aromatic N) is 5. The SMILES string of the molecule is Cc1sc2nc(CN3CCCC3)nc(N3CCN([C@@H](C(N)=O)c4ccccc4)CC3)c2c1C. The third kappa shape index (κ3) is 4.47. The molecule has 0 saturated carbocycles. The highest BCUT2D eigenvalue weighted by Crippen LogP contribution is 2.36. The molecule has 4 heterocycles. The van der Waals surface area contributed by atoms with Crippen LogP contribution in [-0.2, 0) is 11.3 Å². The highest BCUT2D eigenvalue weighted by molar-refractivity contribution is 7.18. The molecule has 2 aliphatic rings. The second kappa shape index (κ2) is 9.37. The molecule has 1 aromatic carbocycles. The van der Waals surface area contributed by atoms with Crippen molar-refractivity contribution in [3.63, 3.8) is 0 Å². The van der Waals surface area contributed by atoms with E-state index in [9.17, 15) is 4.79 Å². The van der Waals surface area contributed by atoms with Gasteiger partial charge in [0.05, 0.1) is 11.9 Å². The fraction of sp³-hybridized carbons (Fsp3) is 0.480. The average Bonchev–Trinajstić information content (AvgIpc) is 3.42. The number of nitrogens with two attached hydrogens (primary N) is 1. The Morgan fingerprint density at radius 2 is 1.73 bits per heavy atom. The van der Waals surface area contributed by atoms with Gasteiger partial charge in [-0.2, -0.15) is 0 Å². The molecular formula is C25H32N6OS. The van der Waals surface area contributed by atoms with Gasteiger partial charge in [-0.05, 0) is 50.9 Å². The zero-order chi connectivity index (χ0) is 22.9. The summed E-state index contributed by atoms with van der Waals surface area (Å²) >= 11 is 1.77. The third-order valence-corrected chi connectivity index (χ3v) is 8.08. The number of anilines is 1. The number of hydrogen-bond donors (Lipinski definition) is 1. The highest BCUT2D eigenvalue weighted by Gasteiger charge is 2.30. The van der Waals surface area contributed by atoms with Crippen LogP contribution in [0.3, 0.4) is 0 Å². The van der Waals surface area contributed by atoms with Gasteiger partial charge in [0.1, 0.15) is 22.5 Å². The Hall–Kier alpha value is -2.55. The van der Waals surface area contributed by atoms with E-state index in [1.54, 1.807) is 11.3 Å². The van der Waals surface area contributed by atoms with Crippen LogP contribution in [-0.4, -0.2) is 64.9 Å². The van der Waals surface area contributed by atoms with E-state index in [1.807, 2.05) is 30.3 Å². The fourth-order valence-corrected chi connectivity index (χ4v) is 6.14. The van der Waals surface area contributed by atoms with Gasteiger partial charge in [-0.1, -0.05) is 30.3 Å². The van der Waals surface area contributed by atoms with E-state index in [2.05, 4.69) is 28.5 Å². The molecule has 0 aliphatic carbocycles. The molecule has 0 radical (unpaired) electrons. The van der Waals surface area contributed by atoms with Crippen molar-refractivity contribution in [3.05, 3.63) is 52.2 Å². The maximum absolute atomic E-state index is 12.3. The number of hydrogen-bond acceptors (Lipinski definition) is 7. The van der Waals surface area contributed by atoms with Gasteiger partial charge in [-0.15, -0.1) is 11.3 Å². The average molecular weight is 465 g/mol. The van der Waals surface area contributed by atoms with E-state index in [4.69, 9.17) is 15.7 Å². The largest absolute Gasteiger partial charge is 0.368 e. The molecule has 3 aromatic rings. The van der Waals surface area contributed by atoms with Crippen molar-refractivity contribution >= 4 is 33.3 Å². The summed E-state index contributed by atoms with van der Waals surface area (Å²) in [6.07, 6.45) is 2.52. The van der Waals surface area contributed by atoms with Crippen LogP contribution in [0.5, 0.6) is 0 Å². The van der Waals surface area contributed by atoms with Crippen LogP contribution in [0.25, 0.3) is 10.2 Å². The highest BCUT2D eigenvalue weighted by atomic mass is 32.1. The van der Waals surface area contributed by atoms with Crippen molar-refractivity contribution in [3.8, 4) is 0 Å². The van der Waals surface area contributed by atoms with Crippen LogP contribution in [0.2, 0.25) is 0 Å². The van der Waals surface area contributed by atoms with E-state index in [-0.39, 0.29) is 5.91 Å². The van der Waals surface area contributed by atoms with Crippen LogP contribution in [0.1, 0.15) is 40.7 Å². The Morgan fingerprint density at radius 1 is 1.03 bits per heavy atom. The van der Waals surface area contributed by atoms with Crippen molar-refractivity contribution < 1.29 is 4.79 Å². The zero-order valence-corrected chi connectivity index (χ0v) is 20.3. The lowest BCUT2D eigenvalue weighted by Crippen LogP contribution is -2.50. The van der Waals surface area contributed by atoms with Gasteiger partial charge in [0.25, 0.3) is 0 Å². The van der Waals surface area contributed by atoms with Gasteiger partial charge in [0, 0.05) is 31.1 Å². The van der Waals surface area contributed by atoms with Gasteiger partial charge in [0.15, 0.2) is 0 Å². The Morgan fingerprint density at radius 3 is 2.39 bits per heavy atom. The van der Waals surface area contributed by atoms with Crippen LogP contribution in [0.4, 0.5) is 5.82 Å². The number of amides is 1. The summed E-state index contributed by atoms with van der Waals surface area (Å²) in [4.78, 5) is 31.8. The summed E-state index contributed by atoms with van der Waals surface area (Å²) < 4.78 is 0. The summed E-state index contributed by atoms with van der Waals surface area (Å²) in [7, 11) is 0. The molecule has 2 aromatic heterocycles. The molecule has 33 heavy (non-hydrogen) atoms. The number of rotatable bonds is 6. The molecule has 8 heteroatoms. The van der Waals surface area contributed by atoms with Gasteiger partial charge >= 0.3 is 0 Å². The van der Waals surface area contributed by atoms with Gasteiger partial charge in [-0.3, -0.25) is 14.6 Å². The summed E-state index contributed by atoms with van der Waals surface area (Å²) in [5.41, 5.74) is 8.06. The molecule has 2 fully saturated rings. The van der Waals surface area contributed by atoms with Crippen molar-refractivity contribution in [1.29, 1.82) is 0 Å². The standard InChI is InChI=1S/C25H32N6OS/c1-17-18(2)33-25-21(17)24(27-20(28-25)16-29-10-6-7-11-29)31-14-12-30(13-15-31)22(23(26)32)19-8-4-3-5-9-19/h3-5,8-9,22H,6-7,10-16H2,1-2H3,(H2,26,32)/t22-/m1/s1. The molecule has 2 N–H and O–H groups in total. The second-order valence-corrected chi connectivity index (χ2v) is 10.4. The molecule has 7 nitrogen and oxygen atoms in total. The number of benzene rings is 1. The van der Waals surface area contributed by atoms with Crippen molar-refractivity contribution in [2.75, 3.05) is 44.2 Å². The number of primary amides is 1. The van der Waals surface area contributed by atoms with E-state index in [1.165, 1.54) is 28.7 Å². The van der Waals surface area contributed by atoms with E-state index in [0.717, 1.165) is 67.8 Å². The van der Waals surface area contributed by atoms with E-state index < -0.39 is 6.04 Å². The lowest BCUT2D eigenvalue weighted by molar-refractivity contribution is -0.123. The first-order chi connectivity index (χ1) is 16.0. The molecule has 1 atom stereocenters. The lowest BCUT2D eigenvalue weighted by Gasteiger charge is -2.39. The Kier molecular flexibility index (Phi) is 6.32. The smallest absolute Gasteiger partial charge is 0.239 e. The molecule has 2 saturated heterocycles. The minimum Gasteiger partial charge on any atom is -0.368 e. The fourth-order valence-electron chi connectivity index (χ4n) is 5.09. The quantitative estimate of drug-likeness (QED) is 0.603. The number of fused-ring (bicyclic) bond motifs is 1. The van der Waals surface area contributed by atoms with Crippen LogP contribution in [0, 0.1) is 13.8 Å². The Balaban J connectivity index is 1.41. The van der Waals surface area contributed by atoms with E-state index >= 15 is 0 Å². The monoisotopic (exact) mass is 464 g/mol. The summed E-state index contributed by atoms with van der Waals surface area (Å²) in [6, 6.07) is 9.46. The summed E-state index contributed by atoms with van der Waals surface area (Å²) in [5.74, 6) is 1.67. The molecule has 0 unspecified atom stereocenters. The molecule has 2 aliphatic heterocycles. The maximum atomic E-state index is 12.3. The molecular weight excluding hydrogens is 432 g/mol. The molecule has 0 bridgehead atoms. The lowest BCUT2D eigenvalue weighted by atomic mass is 10.0. The predicted octanol–water partition coefficient (Wildman–Crippen LogP) is 3.25. The number of aromatic nitrogens is 2. The zero-order valence-electron chi connectivity index (χ0n) is 19.5. The molecule has 174 valence electrons. The van der Waals surface area contributed by atoms with Crippen molar-refractivity contribution in [2.24, 2.45) is 5.73 Å². The maximum Gasteiger partial charge on any atom is 0.239 e. The first-order valence-corrected chi connectivity index (χ1v) is 12.6. The summed E-state index contributed by atoms with van der Waals surface area (Å²) in [6.45, 7) is 10.6. The molecule has 1 amide bonds. The Bertz CT molecular complexity index is 1130. The van der Waals surface area contributed by atoms with Gasteiger partial charge < -0.3 is 10.6 Å². The minimum atomic E-state index is -0.394. The van der Waals surface area contributed by atoms with Crippen LogP contribution >= 0.6 is 11.3 Å². The summed E-state index contributed by atoms with van der Waals surface area (Å²) in [5, 5.41) is 1.19. The van der Waals surface area contributed by atoms with E-state index in [0.29, 0.717) is 0 Å². The third-order valence-electron chi connectivity index (χ3n) is 6.98. The predicted molar refractivity (Wildman–Crippen MR) is 134 cm³/mol. The van der Waals surface area contributed by atoms with Gasteiger partial charge in [-0.25, -0.2) is 9.97 Å². The number of carbonyl (C=O) groups excluding carboxylic acids is 1. The normalized spacial score (nSPS) is 18.8. The topological polar surface area (TPSA) is 78.6 Å².